The van der Waals surface area contributed by atoms with E-state index in [0.29, 0.717) is 0 Å². The highest BCUT2D eigenvalue weighted by Gasteiger charge is 2.31. The molecule has 1 amide bonds. The van der Waals surface area contributed by atoms with Crippen LogP contribution in [0.4, 0.5) is 4.79 Å². The minimum absolute atomic E-state index is 0.0872. The van der Waals surface area contributed by atoms with Crippen molar-refractivity contribution < 1.29 is 24.5 Å². The number of allylic oxidation sites excluding steroid dienone is 2. The molecule has 0 fully saturated rings. The fraction of sp³-hybridized carbons (Fsp3) is 0.500. The van der Waals surface area contributed by atoms with Crippen molar-refractivity contribution in [1.29, 1.82) is 0 Å². The molecule has 0 aromatic rings. The Labute approximate surface area is 105 Å². The average molecular weight is 255 g/mol. The topological polar surface area (TPSA) is 95.9 Å². The smallest absolute Gasteiger partial charge is 0.408 e. The SMILES string of the molecule is CC(C)(C)OC(=O)N[C@H]1C(C(=O)O)=CC=C[C@@H]1O. The molecule has 0 radical (unpaired) electrons. The number of carboxylic acids is 1. The number of alkyl carbamates (subject to hydrolysis) is 1. The molecule has 6 nitrogen and oxygen atoms in total. The Kier molecular flexibility index (Phi) is 4.13. The quantitative estimate of drug-likeness (QED) is 0.679. The maximum Gasteiger partial charge on any atom is 0.408 e. The molecule has 0 bridgehead atoms. The third-order valence-electron chi connectivity index (χ3n) is 2.18. The number of hydrogen-bond donors (Lipinski definition) is 3. The van der Waals surface area contributed by atoms with Crippen LogP contribution < -0.4 is 5.32 Å². The molecular weight excluding hydrogens is 238 g/mol. The molecular formula is C12H17NO5. The molecule has 0 saturated carbocycles. The first kappa shape index (κ1) is 14.2. The maximum atomic E-state index is 11.6. The summed E-state index contributed by atoms with van der Waals surface area (Å²) in [6.45, 7) is 5.08. The van der Waals surface area contributed by atoms with Crippen molar-refractivity contribution in [3.8, 4) is 0 Å². The van der Waals surface area contributed by atoms with Gasteiger partial charge in [0, 0.05) is 0 Å². The zero-order chi connectivity index (χ0) is 13.9. The van der Waals surface area contributed by atoms with Gasteiger partial charge in [-0.2, -0.15) is 0 Å². The van der Waals surface area contributed by atoms with Crippen molar-refractivity contribution in [3.63, 3.8) is 0 Å². The van der Waals surface area contributed by atoms with Crippen LogP contribution in [0, 0.1) is 0 Å². The molecule has 0 saturated heterocycles. The predicted molar refractivity (Wildman–Crippen MR) is 64.0 cm³/mol. The third-order valence-corrected chi connectivity index (χ3v) is 2.18. The van der Waals surface area contributed by atoms with E-state index in [2.05, 4.69) is 5.32 Å². The van der Waals surface area contributed by atoms with Crippen LogP contribution >= 0.6 is 0 Å². The van der Waals surface area contributed by atoms with Crippen molar-refractivity contribution in [2.24, 2.45) is 0 Å². The van der Waals surface area contributed by atoms with Crippen molar-refractivity contribution in [1.82, 2.24) is 5.32 Å². The zero-order valence-corrected chi connectivity index (χ0v) is 10.5. The number of nitrogens with one attached hydrogen (secondary N) is 1. The first-order valence-electron chi connectivity index (χ1n) is 5.50. The number of aliphatic hydroxyl groups is 1. The molecule has 0 aromatic heterocycles. The van der Waals surface area contributed by atoms with Crippen LogP contribution in [0.15, 0.2) is 23.8 Å². The van der Waals surface area contributed by atoms with Crippen LogP contribution in [0.2, 0.25) is 0 Å². The first-order chi connectivity index (χ1) is 8.20. The van der Waals surface area contributed by atoms with E-state index in [9.17, 15) is 14.7 Å². The summed E-state index contributed by atoms with van der Waals surface area (Å²) in [5.74, 6) is -1.19. The summed E-state index contributed by atoms with van der Waals surface area (Å²) in [7, 11) is 0. The van der Waals surface area contributed by atoms with Crippen molar-refractivity contribution in [3.05, 3.63) is 23.8 Å². The minimum atomic E-state index is -1.19. The summed E-state index contributed by atoms with van der Waals surface area (Å²) in [6.07, 6.45) is 2.30. The first-order valence-corrected chi connectivity index (χ1v) is 5.50. The van der Waals surface area contributed by atoms with Gasteiger partial charge < -0.3 is 20.3 Å². The van der Waals surface area contributed by atoms with Crippen molar-refractivity contribution >= 4 is 12.1 Å². The number of aliphatic carboxylic acids is 1. The van der Waals surface area contributed by atoms with Crippen LogP contribution in [0.5, 0.6) is 0 Å². The van der Waals surface area contributed by atoms with Gasteiger partial charge in [0.2, 0.25) is 0 Å². The van der Waals surface area contributed by atoms with Crippen LogP contribution in [0.1, 0.15) is 20.8 Å². The van der Waals surface area contributed by atoms with Gasteiger partial charge in [-0.3, -0.25) is 0 Å². The number of carboxylic acid groups (broad SMARTS) is 1. The highest BCUT2D eigenvalue weighted by Crippen LogP contribution is 2.15. The molecule has 1 rings (SSSR count). The number of carbonyl (C=O) groups excluding carboxylic acids is 1. The fourth-order valence-corrected chi connectivity index (χ4v) is 1.47. The summed E-state index contributed by atoms with van der Waals surface area (Å²) >= 11 is 0. The second-order valence-electron chi connectivity index (χ2n) is 4.93. The zero-order valence-electron chi connectivity index (χ0n) is 10.5. The molecule has 1 aliphatic rings. The van der Waals surface area contributed by atoms with E-state index in [0.717, 1.165) is 0 Å². The molecule has 0 spiro atoms. The Morgan fingerprint density at radius 3 is 2.50 bits per heavy atom. The van der Waals surface area contributed by atoms with E-state index in [1.807, 2.05) is 0 Å². The Morgan fingerprint density at radius 2 is 2.00 bits per heavy atom. The molecule has 0 heterocycles. The number of hydrogen-bond acceptors (Lipinski definition) is 4. The largest absolute Gasteiger partial charge is 0.478 e. The Bertz CT molecular complexity index is 405. The van der Waals surface area contributed by atoms with Crippen LogP contribution in [0.25, 0.3) is 0 Å². The normalized spacial score (nSPS) is 23.2. The monoisotopic (exact) mass is 255 g/mol. The van der Waals surface area contributed by atoms with E-state index in [1.54, 1.807) is 20.8 Å². The van der Waals surface area contributed by atoms with E-state index >= 15 is 0 Å². The lowest BCUT2D eigenvalue weighted by Crippen LogP contribution is -2.48. The minimum Gasteiger partial charge on any atom is -0.478 e. The van der Waals surface area contributed by atoms with Crippen LogP contribution in [-0.2, 0) is 9.53 Å². The van der Waals surface area contributed by atoms with Gasteiger partial charge in [-0.25, -0.2) is 9.59 Å². The molecule has 0 unspecified atom stereocenters. The molecule has 100 valence electrons. The lowest BCUT2D eigenvalue weighted by atomic mass is 9.96. The predicted octanol–water partition coefficient (Wildman–Crippen LogP) is 0.821. The van der Waals surface area contributed by atoms with Crippen molar-refractivity contribution in [2.45, 2.75) is 38.5 Å². The average Bonchev–Trinajstić information content (AvgIpc) is 2.17. The highest BCUT2D eigenvalue weighted by atomic mass is 16.6. The summed E-state index contributed by atoms with van der Waals surface area (Å²) in [4.78, 5) is 22.5. The lowest BCUT2D eigenvalue weighted by Gasteiger charge is -2.27. The van der Waals surface area contributed by atoms with Gasteiger partial charge in [-0.05, 0) is 26.8 Å². The Morgan fingerprint density at radius 1 is 1.39 bits per heavy atom. The van der Waals surface area contributed by atoms with E-state index < -0.39 is 29.8 Å². The molecule has 18 heavy (non-hydrogen) atoms. The number of amides is 1. The van der Waals surface area contributed by atoms with Crippen LogP contribution in [-0.4, -0.2) is 40.0 Å². The Balaban J connectivity index is 2.75. The molecule has 0 aliphatic heterocycles. The molecule has 2 atom stereocenters. The summed E-state index contributed by atoms with van der Waals surface area (Å²) in [5, 5.41) is 21.0. The molecule has 0 aromatic carbocycles. The van der Waals surface area contributed by atoms with E-state index in [1.165, 1.54) is 18.2 Å². The Hall–Kier alpha value is -1.82. The number of ether oxygens (including phenoxy) is 1. The molecule has 3 N–H and O–H groups in total. The maximum absolute atomic E-state index is 11.6. The summed E-state index contributed by atoms with van der Waals surface area (Å²) < 4.78 is 5.01. The van der Waals surface area contributed by atoms with Gasteiger partial charge in [-0.1, -0.05) is 12.2 Å². The number of aliphatic hydroxyl groups excluding tert-OH is 1. The molecule has 6 heteroatoms. The van der Waals surface area contributed by atoms with Crippen molar-refractivity contribution in [2.75, 3.05) is 0 Å². The second-order valence-corrected chi connectivity index (χ2v) is 4.93. The lowest BCUT2D eigenvalue weighted by molar-refractivity contribution is -0.133. The fourth-order valence-electron chi connectivity index (χ4n) is 1.47. The standard InChI is InChI=1S/C12H17NO5/c1-12(2,3)18-11(17)13-9-7(10(15)16)5-4-6-8(9)14/h4-6,8-9,14H,1-3H3,(H,13,17)(H,15,16)/t8-,9-/m0/s1. The summed E-state index contributed by atoms with van der Waals surface area (Å²) in [5.41, 5.74) is -0.775. The van der Waals surface area contributed by atoms with E-state index in [4.69, 9.17) is 9.84 Å². The van der Waals surface area contributed by atoms with E-state index in [-0.39, 0.29) is 5.57 Å². The van der Waals surface area contributed by atoms with Gasteiger partial charge in [0.1, 0.15) is 5.60 Å². The third kappa shape index (κ3) is 3.89. The van der Waals surface area contributed by atoms with Gasteiger partial charge in [0.05, 0.1) is 17.7 Å². The second kappa shape index (κ2) is 5.22. The van der Waals surface area contributed by atoms with Gasteiger partial charge in [0.25, 0.3) is 0 Å². The van der Waals surface area contributed by atoms with Gasteiger partial charge in [0.15, 0.2) is 0 Å². The van der Waals surface area contributed by atoms with Crippen LogP contribution in [0.3, 0.4) is 0 Å². The highest BCUT2D eigenvalue weighted by molar-refractivity contribution is 5.90. The van der Waals surface area contributed by atoms with Gasteiger partial charge >= 0.3 is 12.1 Å². The molecule has 1 aliphatic carbocycles. The summed E-state index contributed by atoms with van der Waals surface area (Å²) in [6, 6.07) is -1.01. The number of carbonyl (C=O) groups is 2. The number of rotatable bonds is 2. The van der Waals surface area contributed by atoms with Gasteiger partial charge in [-0.15, -0.1) is 0 Å².